The van der Waals surface area contributed by atoms with Crippen molar-refractivity contribution in [1.29, 1.82) is 0 Å². The van der Waals surface area contributed by atoms with E-state index in [0.717, 1.165) is 44.5 Å². The Hall–Kier alpha value is -1.69. The molecule has 0 saturated carbocycles. The van der Waals surface area contributed by atoms with Gasteiger partial charge in [0.1, 0.15) is 6.61 Å². The zero-order valence-electron chi connectivity index (χ0n) is 14.8. The summed E-state index contributed by atoms with van der Waals surface area (Å²) in [6.45, 7) is 5.17. The fraction of sp³-hybridized carbons (Fsp3) is 0.450. The van der Waals surface area contributed by atoms with E-state index in [1.807, 2.05) is 30.3 Å². The molecule has 3 rings (SSSR count). The van der Waals surface area contributed by atoms with Gasteiger partial charge in [-0.15, -0.1) is 0 Å². The first-order chi connectivity index (χ1) is 12.2. The lowest BCUT2D eigenvalue weighted by molar-refractivity contribution is -0.208. The van der Waals surface area contributed by atoms with Gasteiger partial charge in [-0.25, -0.2) is 5.06 Å². The first kappa shape index (κ1) is 18.1. The van der Waals surface area contributed by atoms with Crippen LogP contribution in [0, 0.1) is 0 Å². The molecule has 1 aliphatic rings. The monoisotopic (exact) mass is 358 g/mol. The van der Waals surface area contributed by atoms with Crippen LogP contribution in [-0.2, 0) is 22.7 Å². The topological polar surface area (TPSA) is 32.8 Å². The van der Waals surface area contributed by atoms with Crippen LogP contribution in [-0.4, -0.2) is 41.5 Å². The average molecular weight is 359 g/mol. The van der Waals surface area contributed by atoms with E-state index in [2.05, 4.69) is 21.7 Å². The number of thiophene rings is 1. The maximum atomic E-state index is 12.0. The lowest BCUT2D eigenvalue weighted by Crippen LogP contribution is -2.47. The van der Waals surface area contributed by atoms with Crippen molar-refractivity contribution in [3.8, 4) is 0 Å². The van der Waals surface area contributed by atoms with Gasteiger partial charge in [0, 0.05) is 26.6 Å². The molecule has 0 bridgehead atoms. The number of amides is 1. The molecule has 0 spiro atoms. The second kappa shape index (κ2) is 9.13. The Balaban J connectivity index is 1.46. The predicted molar refractivity (Wildman–Crippen MR) is 101 cm³/mol. The van der Waals surface area contributed by atoms with Crippen LogP contribution in [0.2, 0.25) is 0 Å². The molecule has 4 nitrogen and oxygen atoms in total. The zero-order valence-corrected chi connectivity index (χ0v) is 15.6. The minimum atomic E-state index is -0.00680. The van der Waals surface area contributed by atoms with Gasteiger partial charge in [-0.2, -0.15) is 11.3 Å². The van der Waals surface area contributed by atoms with Crippen LogP contribution in [0.15, 0.2) is 47.2 Å². The van der Waals surface area contributed by atoms with Crippen molar-refractivity contribution >= 4 is 17.2 Å². The lowest BCUT2D eigenvalue weighted by atomic mass is 10.0. The number of nitrogens with zero attached hydrogens (tertiary/aromatic N) is 2. The van der Waals surface area contributed by atoms with Gasteiger partial charge in [0.25, 0.3) is 0 Å². The van der Waals surface area contributed by atoms with Crippen molar-refractivity contribution < 1.29 is 9.63 Å². The first-order valence-corrected chi connectivity index (χ1v) is 9.87. The highest BCUT2D eigenvalue weighted by Crippen LogP contribution is 2.19. The number of hydrogen-bond acceptors (Lipinski definition) is 4. The van der Waals surface area contributed by atoms with Gasteiger partial charge in [-0.05, 0) is 47.2 Å². The minimum absolute atomic E-state index is 0.00680. The third-order valence-electron chi connectivity index (χ3n) is 4.71. The Kier molecular flexibility index (Phi) is 6.62. The van der Waals surface area contributed by atoms with Crippen molar-refractivity contribution in [3.63, 3.8) is 0 Å². The highest BCUT2D eigenvalue weighted by Gasteiger charge is 2.27. The molecular weight excluding hydrogens is 332 g/mol. The summed E-state index contributed by atoms with van der Waals surface area (Å²) in [6.07, 6.45) is 3.05. The highest BCUT2D eigenvalue weighted by molar-refractivity contribution is 7.07. The number of carbonyl (C=O) groups is 1. The van der Waals surface area contributed by atoms with Crippen molar-refractivity contribution in [1.82, 2.24) is 9.96 Å². The van der Waals surface area contributed by atoms with E-state index in [1.54, 1.807) is 23.3 Å². The maximum absolute atomic E-state index is 12.0. The van der Waals surface area contributed by atoms with E-state index in [9.17, 15) is 4.79 Å². The molecule has 5 heteroatoms. The summed E-state index contributed by atoms with van der Waals surface area (Å²) < 4.78 is 0. The Bertz CT molecular complexity index is 637. The average Bonchev–Trinajstić information content (AvgIpc) is 3.15. The van der Waals surface area contributed by atoms with Gasteiger partial charge in [0.15, 0.2) is 0 Å². The number of likely N-dealkylation sites (tertiary alicyclic amines) is 1. The zero-order chi connectivity index (χ0) is 17.5. The van der Waals surface area contributed by atoms with Crippen LogP contribution in [0.3, 0.4) is 0 Å². The second-order valence-corrected chi connectivity index (χ2v) is 7.34. The molecule has 1 aliphatic heterocycles. The molecule has 0 radical (unpaired) electrons. The molecule has 0 atom stereocenters. The number of carbonyl (C=O) groups excluding carboxylic acids is 1. The summed E-state index contributed by atoms with van der Waals surface area (Å²) in [7, 11) is 0. The van der Waals surface area contributed by atoms with E-state index >= 15 is 0 Å². The largest absolute Gasteiger partial charge is 0.303 e. The van der Waals surface area contributed by atoms with Crippen LogP contribution in [0.1, 0.15) is 30.9 Å². The summed E-state index contributed by atoms with van der Waals surface area (Å²) in [6, 6.07) is 12.4. The first-order valence-electron chi connectivity index (χ1n) is 8.92. The standard InChI is InChI=1S/C20H26N2O2S/c1-17(23)22(24-15-18-5-3-2-4-6-18)20-8-12-21(13-9-20)11-7-19-10-14-25-16-19/h2-6,10,14,16,20H,7-9,11-13,15H2,1H3. The smallest absolute Gasteiger partial charge is 0.243 e. The third kappa shape index (κ3) is 5.39. The van der Waals surface area contributed by atoms with E-state index in [1.165, 1.54) is 5.56 Å². The fourth-order valence-electron chi connectivity index (χ4n) is 3.27. The molecule has 0 unspecified atom stereocenters. The Labute approximate surface area is 154 Å². The molecule has 1 fully saturated rings. The van der Waals surface area contributed by atoms with E-state index in [0.29, 0.717) is 6.61 Å². The predicted octanol–water partition coefficient (Wildman–Crippen LogP) is 3.74. The molecule has 1 aromatic carbocycles. The summed E-state index contributed by atoms with van der Waals surface area (Å²) >= 11 is 1.76. The van der Waals surface area contributed by atoms with E-state index in [4.69, 9.17) is 4.84 Å². The summed E-state index contributed by atoms with van der Waals surface area (Å²) in [5, 5.41) is 5.96. The van der Waals surface area contributed by atoms with Gasteiger partial charge in [0.2, 0.25) is 5.91 Å². The van der Waals surface area contributed by atoms with Gasteiger partial charge in [0.05, 0.1) is 6.04 Å². The molecule has 1 aromatic heterocycles. The summed E-state index contributed by atoms with van der Waals surface area (Å²) in [4.78, 5) is 20.4. The number of piperidine rings is 1. The van der Waals surface area contributed by atoms with Gasteiger partial charge in [-0.1, -0.05) is 30.3 Å². The molecule has 134 valence electrons. The summed E-state index contributed by atoms with van der Waals surface area (Å²) in [5.41, 5.74) is 2.51. The minimum Gasteiger partial charge on any atom is -0.303 e. The fourth-order valence-corrected chi connectivity index (χ4v) is 3.97. The van der Waals surface area contributed by atoms with Gasteiger partial charge in [-0.3, -0.25) is 9.63 Å². The maximum Gasteiger partial charge on any atom is 0.243 e. The second-order valence-electron chi connectivity index (χ2n) is 6.56. The van der Waals surface area contributed by atoms with Crippen LogP contribution in [0.25, 0.3) is 0 Å². The Morgan fingerprint density at radius 2 is 1.96 bits per heavy atom. The molecule has 1 amide bonds. The number of hydrogen-bond donors (Lipinski definition) is 0. The number of benzene rings is 1. The van der Waals surface area contributed by atoms with Crippen molar-refractivity contribution in [2.45, 2.75) is 38.8 Å². The Morgan fingerprint density at radius 3 is 2.60 bits per heavy atom. The molecule has 1 saturated heterocycles. The lowest BCUT2D eigenvalue weighted by Gasteiger charge is -2.37. The van der Waals surface area contributed by atoms with Crippen LogP contribution < -0.4 is 0 Å². The SMILES string of the molecule is CC(=O)N(OCc1ccccc1)C1CCN(CCc2ccsc2)CC1. The number of rotatable bonds is 7. The molecular formula is C20H26N2O2S. The summed E-state index contributed by atoms with van der Waals surface area (Å²) in [5.74, 6) is -0.00680. The van der Waals surface area contributed by atoms with Crippen molar-refractivity contribution in [2.24, 2.45) is 0 Å². The molecule has 0 N–H and O–H groups in total. The van der Waals surface area contributed by atoms with Gasteiger partial charge >= 0.3 is 0 Å². The molecule has 2 heterocycles. The quantitative estimate of drug-likeness (QED) is 0.707. The van der Waals surface area contributed by atoms with Crippen molar-refractivity contribution in [3.05, 3.63) is 58.3 Å². The van der Waals surface area contributed by atoms with Gasteiger partial charge < -0.3 is 4.90 Å². The highest BCUT2D eigenvalue weighted by atomic mass is 32.1. The molecule has 2 aromatic rings. The van der Waals surface area contributed by atoms with Crippen molar-refractivity contribution in [2.75, 3.05) is 19.6 Å². The molecule has 0 aliphatic carbocycles. The number of hydroxylamine groups is 2. The normalized spacial score (nSPS) is 16.0. The molecule has 25 heavy (non-hydrogen) atoms. The van der Waals surface area contributed by atoms with Crippen LogP contribution >= 0.6 is 11.3 Å². The Morgan fingerprint density at radius 1 is 1.20 bits per heavy atom. The van der Waals surface area contributed by atoms with E-state index < -0.39 is 0 Å². The van der Waals surface area contributed by atoms with Crippen LogP contribution in [0.4, 0.5) is 0 Å². The van der Waals surface area contributed by atoms with Crippen LogP contribution in [0.5, 0.6) is 0 Å². The van der Waals surface area contributed by atoms with E-state index in [-0.39, 0.29) is 11.9 Å². The third-order valence-corrected chi connectivity index (χ3v) is 5.44.